The number of hydrogen-bond acceptors (Lipinski definition) is 4. The van der Waals surface area contributed by atoms with E-state index in [0.717, 1.165) is 25.4 Å². The van der Waals surface area contributed by atoms with Gasteiger partial charge in [0.2, 0.25) is 0 Å². The Bertz CT molecular complexity index is 271. The van der Waals surface area contributed by atoms with Crippen LogP contribution >= 0.6 is 0 Å². The van der Waals surface area contributed by atoms with E-state index in [4.69, 9.17) is 14.2 Å². The number of nitrogens with one attached hydrogen (secondary N) is 2. The quantitative estimate of drug-likeness (QED) is 0.324. The van der Waals surface area contributed by atoms with E-state index in [1.807, 2.05) is 13.8 Å². The molecule has 0 spiro atoms. The van der Waals surface area contributed by atoms with Gasteiger partial charge in [-0.15, -0.1) is 0 Å². The van der Waals surface area contributed by atoms with Crippen molar-refractivity contribution in [3.05, 3.63) is 0 Å². The molecule has 0 aromatic heterocycles. The van der Waals surface area contributed by atoms with Crippen molar-refractivity contribution in [2.75, 3.05) is 53.7 Å². The fraction of sp³-hybridized carbons (Fsp3) is 0.933. The van der Waals surface area contributed by atoms with E-state index in [1.165, 1.54) is 0 Å². The fourth-order valence-corrected chi connectivity index (χ4v) is 1.40. The highest BCUT2D eigenvalue weighted by Crippen LogP contribution is 2.04. The van der Waals surface area contributed by atoms with Gasteiger partial charge in [0.25, 0.3) is 0 Å². The summed E-state index contributed by atoms with van der Waals surface area (Å²) in [4.78, 5) is 4.15. The number of hydrogen-bond donors (Lipinski definition) is 2. The molecule has 0 amide bonds. The molecule has 0 atom stereocenters. The van der Waals surface area contributed by atoms with Crippen LogP contribution in [0.3, 0.4) is 0 Å². The summed E-state index contributed by atoms with van der Waals surface area (Å²) in [6.07, 6.45) is 2.28. The Labute approximate surface area is 129 Å². The number of aliphatic imine (C=N–C) groups is 1. The summed E-state index contributed by atoms with van der Waals surface area (Å²) in [6.45, 7) is 10.3. The molecule has 2 N–H and O–H groups in total. The van der Waals surface area contributed by atoms with Crippen LogP contribution in [0, 0.1) is 0 Å². The summed E-state index contributed by atoms with van der Waals surface area (Å²) in [6, 6.07) is 0. The maximum atomic E-state index is 5.48. The van der Waals surface area contributed by atoms with E-state index in [-0.39, 0.29) is 5.60 Å². The molecule has 126 valence electrons. The molecular formula is C15H33N3O3. The van der Waals surface area contributed by atoms with Gasteiger partial charge in [-0.25, -0.2) is 0 Å². The minimum absolute atomic E-state index is 0.218. The molecule has 0 saturated heterocycles. The second-order valence-electron chi connectivity index (χ2n) is 5.39. The standard InChI is InChI=1S/C15H33N3O3/c1-6-7-9-20-11-12-21-10-8-17-14(16-4)18-13-15(2,3)19-5/h6-13H2,1-5H3,(H2,16,17,18). The third-order valence-corrected chi connectivity index (χ3v) is 3.01. The first-order chi connectivity index (χ1) is 10.1. The van der Waals surface area contributed by atoms with Crippen LogP contribution in [0.1, 0.15) is 33.6 Å². The van der Waals surface area contributed by atoms with Gasteiger partial charge in [-0.2, -0.15) is 0 Å². The lowest BCUT2D eigenvalue weighted by Gasteiger charge is -2.24. The van der Waals surface area contributed by atoms with Crippen molar-refractivity contribution in [2.24, 2.45) is 4.99 Å². The largest absolute Gasteiger partial charge is 0.379 e. The number of methoxy groups -OCH3 is 1. The van der Waals surface area contributed by atoms with Gasteiger partial charge in [0.05, 0.1) is 25.4 Å². The highest BCUT2D eigenvalue weighted by molar-refractivity contribution is 5.79. The van der Waals surface area contributed by atoms with Crippen molar-refractivity contribution in [1.29, 1.82) is 0 Å². The zero-order valence-corrected chi connectivity index (χ0v) is 14.3. The number of nitrogens with zero attached hydrogens (tertiary/aromatic N) is 1. The lowest BCUT2D eigenvalue weighted by molar-refractivity contribution is 0.0267. The first-order valence-corrected chi connectivity index (χ1v) is 7.71. The lowest BCUT2D eigenvalue weighted by atomic mass is 10.1. The summed E-state index contributed by atoms with van der Waals surface area (Å²) in [5.74, 6) is 0.753. The zero-order valence-electron chi connectivity index (χ0n) is 14.3. The summed E-state index contributed by atoms with van der Waals surface area (Å²) in [5, 5.41) is 6.41. The van der Waals surface area contributed by atoms with Crippen LogP contribution in [0.5, 0.6) is 0 Å². The van der Waals surface area contributed by atoms with Gasteiger partial charge in [-0.3, -0.25) is 4.99 Å². The topological polar surface area (TPSA) is 64.1 Å². The van der Waals surface area contributed by atoms with Gasteiger partial charge in [0.15, 0.2) is 5.96 Å². The zero-order chi connectivity index (χ0) is 16.0. The predicted molar refractivity (Wildman–Crippen MR) is 87.0 cm³/mol. The highest BCUT2D eigenvalue weighted by atomic mass is 16.5. The number of rotatable bonds is 12. The molecule has 0 rings (SSSR count). The molecule has 0 aliphatic carbocycles. The first kappa shape index (κ1) is 20.1. The van der Waals surface area contributed by atoms with Crippen molar-refractivity contribution < 1.29 is 14.2 Å². The van der Waals surface area contributed by atoms with Crippen molar-refractivity contribution in [2.45, 2.75) is 39.2 Å². The van der Waals surface area contributed by atoms with Gasteiger partial charge in [0.1, 0.15) is 0 Å². The van der Waals surface area contributed by atoms with E-state index in [0.29, 0.717) is 32.9 Å². The average Bonchev–Trinajstić information content (AvgIpc) is 2.48. The van der Waals surface area contributed by atoms with Crippen LogP contribution in [-0.4, -0.2) is 65.2 Å². The van der Waals surface area contributed by atoms with E-state index >= 15 is 0 Å². The van der Waals surface area contributed by atoms with Crippen LogP contribution in [-0.2, 0) is 14.2 Å². The van der Waals surface area contributed by atoms with Crippen molar-refractivity contribution in [3.8, 4) is 0 Å². The van der Waals surface area contributed by atoms with Crippen LogP contribution in [0.2, 0.25) is 0 Å². The Hall–Kier alpha value is -0.850. The predicted octanol–water partition coefficient (Wildman–Crippen LogP) is 1.41. The molecule has 0 heterocycles. The second-order valence-corrected chi connectivity index (χ2v) is 5.39. The Morgan fingerprint density at radius 1 is 1.05 bits per heavy atom. The molecule has 0 fully saturated rings. The maximum Gasteiger partial charge on any atom is 0.191 e. The molecule has 6 heteroatoms. The van der Waals surface area contributed by atoms with Gasteiger partial charge in [-0.1, -0.05) is 13.3 Å². The molecule has 0 unspecified atom stereocenters. The lowest BCUT2D eigenvalue weighted by Crippen LogP contribution is -2.46. The molecule has 0 saturated carbocycles. The van der Waals surface area contributed by atoms with Crippen LogP contribution in [0.15, 0.2) is 4.99 Å². The van der Waals surface area contributed by atoms with E-state index < -0.39 is 0 Å². The molecule has 0 aliphatic rings. The minimum Gasteiger partial charge on any atom is -0.379 e. The molecule has 0 bridgehead atoms. The Balaban J connectivity index is 3.52. The molecule has 6 nitrogen and oxygen atoms in total. The van der Waals surface area contributed by atoms with Crippen molar-refractivity contribution >= 4 is 5.96 Å². The molecule has 0 aliphatic heterocycles. The van der Waals surface area contributed by atoms with Gasteiger partial charge in [-0.05, 0) is 20.3 Å². The van der Waals surface area contributed by atoms with E-state index in [2.05, 4.69) is 22.5 Å². The average molecular weight is 303 g/mol. The monoisotopic (exact) mass is 303 g/mol. The third-order valence-electron chi connectivity index (χ3n) is 3.01. The van der Waals surface area contributed by atoms with E-state index in [1.54, 1.807) is 14.2 Å². The Kier molecular flexibility index (Phi) is 12.3. The van der Waals surface area contributed by atoms with Gasteiger partial charge >= 0.3 is 0 Å². The Morgan fingerprint density at radius 2 is 1.71 bits per heavy atom. The van der Waals surface area contributed by atoms with Crippen LogP contribution < -0.4 is 10.6 Å². The first-order valence-electron chi connectivity index (χ1n) is 7.71. The van der Waals surface area contributed by atoms with Gasteiger partial charge < -0.3 is 24.8 Å². The van der Waals surface area contributed by atoms with Crippen LogP contribution in [0.25, 0.3) is 0 Å². The fourth-order valence-electron chi connectivity index (χ4n) is 1.40. The molecule has 21 heavy (non-hydrogen) atoms. The SMILES string of the molecule is CCCCOCCOCCNC(=NC)NCC(C)(C)OC. The van der Waals surface area contributed by atoms with Gasteiger partial charge in [0, 0.05) is 33.9 Å². The van der Waals surface area contributed by atoms with E-state index in [9.17, 15) is 0 Å². The molecule has 0 aromatic rings. The number of unbranched alkanes of at least 4 members (excludes halogenated alkanes) is 1. The number of guanidine groups is 1. The third kappa shape index (κ3) is 12.6. The van der Waals surface area contributed by atoms with Crippen molar-refractivity contribution in [3.63, 3.8) is 0 Å². The van der Waals surface area contributed by atoms with Crippen LogP contribution in [0.4, 0.5) is 0 Å². The smallest absolute Gasteiger partial charge is 0.191 e. The molecular weight excluding hydrogens is 270 g/mol. The van der Waals surface area contributed by atoms with Crippen molar-refractivity contribution in [1.82, 2.24) is 10.6 Å². The normalized spacial score (nSPS) is 12.5. The molecule has 0 radical (unpaired) electrons. The summed E-state index contributed by atoms with van der Waals surface area (Å²) >= 11 is 0. The Morgan fingerprint density at radius 3 is 2.29 bits per heavy atom. The molecule has 0 aromatic carbocycles. The highest BCUT2D eigenvalue weighted by Gasteiger charge is 2.16. The second kappa shape index (κ2) is 12.9. The summed E-state index contributed by atoms with van der Waals surface area (Å²) in [7, 11) is 3.45. The minimum atomic E-state index is -0.218. The summed E-state index contributed by atoms with van der Waals surface area (Å²) in [5.41, 5.74) is -0.218. The number of ether oxygens (including phenoxy) is 3. The summed E-state index contributed by atoms with van der Waals surface area (Å²) < 4.78 is 16.2. The maximum absolute atomic E-state index is 5.48.